The summed E-state index contributed by atoms with van der Waals surface area (Å²) in [5.41, 5.74) is 2.56. The van der Waals surface area contributed by atoms with Gasteiger partial charge in [0, 0.05) is 17.0 Å². The third-order valence-electron chi connectivity index (χ3n) is 4.04. The lowest BCUT2D eigenvalue weighted by atomic mass is 9.98. The average molecular weight is 301 g/mol. The van der Waals surface area contributed by atoms with Gasteiger partial charge in [0.15, 0.2) is 0 Å². The van der Waals surface area contributed by atoms with Crippen LogP contribution in [0.25, 0.3) is 0 Å². The Morgan fingerprint density at radius 3 is 2.71 bits per heavy atom. The fourth-order valence-electron chi connectivity index (χ4n) is 2.90. The topological polar surface area (TPSA) is 12.0 Å². The van der Waals surface area contributed by atoms with Crippen LogP contribution in [-0.4, -0.2) is 5.75 Å². The summed E-state index contributed by atoms with van der Waals surface area (Å²) < 4.78 is 13.1. The van der Waals surface area contributed by atoms with Gasteiger partial charge in [-0.3, -0.25) is 0 Å². The first-order valence-corrected chi connectivity index (χ1v) is 8.49. The highest BCUT2D eigenvalue weighted by atomic mass is 32.2. The summed E-state index contributed by atoms with van der Waals surface area (Å²) in [5.74, 6) is 0.974. The predicted octanol–water partition coefficient (Wildman–Crippen LogP) is 5.10. The second kappa shape index (κ2) is 6.63. The Balaban J connectivity index is 1.80. The van der Waals surface area contributed by atoms with E-state index in [1.807, 2.05) is 23.9 Å². The smallest absolute Gasteiger partial charge is 0.123 e. The van der Waals surface area contributed by atoms with Crippen LogP contribution in [-0.2, 0) is 0 Å². The van der Waals surface area contributed by atoms with Crippen molar-refractivity contribution < 1.29 is 4.39 Å². The predicted molar refractivity (Wildman–Crippen MR) is 87.1 cm³/mol. The van der Waals surface area contributed by atoms with Crippen LogP contribution in [0.3, 0.4) is 0 Å². The summed E-state index contributed by atoms with van der Waals surface area (Å²) in [6, 6.07) is 16.2. The summed E-state index contributed by atoms with van der Waals surface area (Å²) in [6.07, 6.45) is 2.14. The molecule has 110 valence electrons. The second-order valence-corrected chi connectivity index (χ2v) is 6.54. The molecule has 3 rings (SSSR count). The number of halogens is 1. The van der Waals surface area contributed by atoms with Gasteiger partial charge in [-0.25, -0.2) is 4.39 Å². The average Bonchev–Trinajstić information content (AvgIpc) is 2.54. The number of nitrogens with one attached hydrogen (secondary N) is 1. The maximum absolute atomic E-state index is 13.1. The first-order chi connectivity index (χ1) is 10.3. The molecule has 2 aromatic rings. The molecule has 0 spiro atoms. The summed E-state index contributed by atoms with van der Waals surface area (Å²) >= 11 is 1.94. The molecule has 0 fully saturated rings. The van der Waals surface area contributed by atoms with Crippen LogP contribution in [0.5, 0.6) is 0 Å². The molecular formula is C18H20FNS. The molecule has 1 nitrogen and oxygen atoms in total. The van der Waals surface area contributed by atoms with Gasteiger partial charge in [-0.05, 0) is 47.9 Å². The highest BCUT2D eigenvalue weighted by Crippen LogP contribution is 2.37. The van der Waals surface area contributed by atoms with Gasteiger partial charge in [-0.1, -0.05) is 37.3 Å². The second-order valence-electron chi connectivity index (χ2n) is 5.41. The number of fused-ring (bicyclic) bond motifs is 1. The number of benzene rings is 2. The highest BCUT2D eigenvalue weighted by molar-refractivity contribution is 7.99. The summed E-state index contributed by atoms with van der Waals surface area (Å²) in [7, 11) is 0. The number of thioether (sulfide) groups is 1. The first kappa shape index (κ1) is 14.6. The minimum atomic E-state index is -0.173. The Kier molecular flexibility index (Phi) is 4.61. The first-order valence-electron chi connectivity index (χ1n) is 7.51. The summed E-state index contributed by atoms with van der Waals surface area (Å²) in [4.78, 5) is 1.38. The molecule has 0 radical (unpaired) electrons. The quantitative estimate of drug-likeness (QED) is 0.843. The van der Waals surface area contributed by atoms with Crippen LogP contribution in [0.4, 0.5) is 4.39 Å². The van der Waals surface area contributed by atoms with Crippen LogP contribution in [0.1, 0.15) is 43.0 Å². The molecule has 2 unspecified atom stereocenters. The molecule has 2 atom stereocenters. The molecule has 1 aliphatic heterocycles. The van der Waals surface area contributed by atoms with E-state index in [1.54, 1.807) is 12.1 Å². The van der Waals surface area contributed by atoms with Gasteiger partial charge in [0.25, 0.3) is 0 Å². The number of rotatable bonds is 4. The van der Waals surface area contributed by atoms with Gasteiger partial charge >= 0.3 is 0 Å². The Labute approximate surface area is 130 Å². The summed E-state index contributed by atoms with van der Waals surface area (Å²) in [5, 5.41) is 3.76. The molecule has 0 saturated heterocycles. The molecular weight excluding hydrogens is 281 g/mol. The van der Waals surface area contributed by atoms with Gasteiger partial charge in [0.1, 0.15) is 5.82 Å². The fraction of sp³-hybridized carbons (Fsp3) is 0.333. The van der Waals surface area contributed by atoms with Gasteiger partial charge < -0.3 is 5.32 Å². The largest absolute Gasteiger partial charge is 0.303 e. The van der Waals surface area contributed by atoms with Crippen molar-refractivity contribution in [2.24, 2.45) is 0 Å². The van der Waals surface area contributed by atoms with E-state index in [-0.39, 0.29) is 11.9 Å². The van der Waals surface area contributed by atoms with E-state index >= 15 is 0 Å². The minimum absolute atomic E-state index is 0.173. The maximum atomic E-state index is 13.1. The van der Waals surface area contributed by atoms with Crippen LogP contribution < -0.4 is 5.32 Å². The Morgan fingerprint density at radius 2 is 1.95 bits per heavy atom. The zero-order valence-electron chi connectivity index (χ0n) is 12.2. The van der Waals surface area contributed by atoms with Crippen molar-refractivity contribution in [2.45, 2.75) is 36.7 Å². The van der Waals surface area contributed by atoms with Crippen LogP contribution in [0, 0.1) is 5.82 Å². The molecule has 2 aromatic carbocycles. The lowest BCUT2D eigenvalue weighted by Gasteiger charge is -2.30. The van der Waals surface area contributed by atoms with E-state index in [0.717, 1.165) is 24.2 Å². The lowest BCUT2D eigenvalue weighted by Crippen LogP contribution is -2.28. The molecule has 0 aliphatic carbocycles. The van der Waals surface area contributed by atoms with E-state index in [1.165, 1.54) is 10.5 Å². The summed E-state index contributed by atoms with van der Waals surface area (Å²) in [6.45, 7) is 2.17. The molecule has 1 aliphatic rings. The fourth-order valence-corrected chi connectivity index (χ4v) is 4.03. The van der Waals surface area contributed by atoms with E-state index < -0.39 is 0 Å². The number of hydrogen-bond donors (Lipinski definition) is 1. The third kappa shape index (κ3) is 3.30. The van der Waals surface area contributed by atoms with Crippen molar-refractivity contribution in [1.29, 1.82) is 0 Å². The molecule has 1 heterocycles. The normalized spacial score (nSPS) is 19.0. The Morgan fingerprint density at radius 1 is 1.19 bits per heavy atom. The van der Waals surface area contributed by atoms with Gasteiger partial charge in [0.05, 0.1) is 0 Å². The van der Waals surface area contributed by atoms with Gasteiger partial charge in [-0.15, -0.1) is 11.8 Å². The molecule has 0 saturated carbocycles. The maximum Gasteiger partial charge on any atom is 0.123 e. The van der Waals surface area contributed by atoms with Crippen molar-refractivity contribution in [3.63, 3.8) is 0 Å². The van der Waals surface area contributed by atoms with Crippen molar-refractivity contribution in [1.82, 2.24) is 5.32 Å². The van der Waals surface area contributed by atoms with Gasteiger partial charge in [0.2, 0.25) is 0 Å². The molecule has 3 heteroatoms. The van der Waals surface area contributed by atoms with Crippen LogP contribution in [0.2, 0.25) is 0 Å². The molecule has 0 aromatic heterocycles. The Bertz CT molecular complexity index is 596. The SMILES string of the molecule is CCC(NC1CCSc2ccccc21)c1ccc(F)cc1. The van der Waals surface area contributed by atoms with Crippen molar-refractivity contribution >= 4 is 11.8 Å². The van der Waals surface area contributed by atoms with Gasteiger partial charge in [-0.2, -0.15) is 0 Å². The Hall–Kier alpha value is -1.32. The zero-order valence-corrected chi connectivity index (χ0v) is 13.0. The van der Waals surface area contributed by atoms with Crippen LogP contribution >= 0.6 is 11.8 Å². The number of hydrogen-bond acceptors (Lipinski definition) is 2. The standard InChI is InChI=1S/C18H20FNS/c1-2-16(13-7-9-14(19)10-8-13)20-17-11-12-21-18-6-4-3-5-15(17)18/h3-10,16-17,20H,2,11-12H2,1H3. The molecule has 21 heavy (non-hydrogen) atoms. The highest BCUT2D eigenvalue weighted by Gasteiger charge is 2.22. The van der Waals surface area contributed by atoms with E-state index in [4.69, 9.17) is 0 Å². The molecule has 0 amide bonds. The lowest BCUT2D eigenvalue weighted by molar-refractivity contribution is 0.420. The molecule has 1 N–H and O–H groups in total. The van der Waals surface area contributed by atoms with E-state index in [2.05, 4.69) is 36.5 Å². The van der Waals surface area contributed by atoms with E-state index in [9.17, 15) is 4.39 Å². The van der Waals surface area contributed by atoms with Crippen molar-refractivity contribution in [3.8, 4) is 0 Å². The minimum Gasteiger partial charge on any atom is -0.303 e. The van der Waals surface area contributed by atoms with Crippen molar-refractivity contribution in [3.05, 3.63) is 65.5 Å². The monoisotopic (exact) mass is 301 g/mol. The van der Waals surface area contributed by atoms with Crippen molar-refractivity contribution in [2.75, 3.05) is 5.75 Å². The van der Waals surface area contributed by atoms with E-state index in [0.29, 0.717) is 6.04 Å². The zero-order chi connectivity index (χ0) is 14.7. The third-order valence-corrected chi connectivity index (χ3v) is 5.16. The molecule has 0 bridgehead atoms. The van der Waals surface area contributed by atoms with Crippen LogP contribution in [0.15, 0.2) is 53.4 Å².